The Morgan fingerprint density at radius 1 is 1.11 bits per heavy atom. The lowest BCUT2D eigenvalue weighted by Gasteiger charge is -2.18. The zero-order valence-corrected chi connectivity index (χ0v) is 12.7. The lowest BCUT2D eigenvalue weighted by Crippen LogP contribution is -2.22. The van der Waals surface area contributed by atoms with Crippen LogP contribution in [0.15, 0.2) is 0 Å². The van der Waals surface area contributed by atoms with Gasteiger partial charge in [-0.25, -0.2) is 0 Å². The van der Waals surface area contributed by atoms with Gasteiger partial charge in [-0.3, -0.25) is 4.68 Å². The molecule has 0 aromatic carbocycles. The first-order valence-electron chi connectivity index (χ1n) is 7.55. The van der Waals surface area contributed by atoms with Crippen molar-refractivity contribution < 1.29 is 0 Å². The van der Waals surface area contributed by atoms with Gasteiger partial charge in [-0.2, -0.15) is 5.10 Å². The van der Waals surface area contributed by atoms with Crippen LogP contribution in [-0.2, 0) is 19.4 Å². The summed E-state index contributed by atoms with van der Waals surface area (Å²) in [5, 5.41) is 8.42. The minimum atomic E-state index is 0.463. The molecule has 0 radical (unpaired) electrons. The fourth-order valence-corrected chi connectivity index (χ4v) is 2.70. The van der Waals surface area contributed by atoms with Crippen LogP contribution in [0.1, 0.15) is 70.5 Å². The van der Waals surface area contributed by atoms with Gasteiger partial charge in [0.25, 0.3) is 0 Å². The highest BCUT2D eigenvalue weighted by molar-refractivity contribution is 5.30. The van der Waals surface area contributed by atoms with Crippen molar-refractivity contribution in [3.8, 4) is 0 Å². The minimum absolute atomic E-state index is 0.463. The molecule has 0 saturated carbocycles. The van der Waals surface area contributed by atoms with E-state index >= 15 is 0 Å². The third-order valence-electron chi connectivity index (χ3n) is 3.49. The zero-order chi connectivity index (χ0) is 13.5. The van der Waals surface area contributed by atoms with Gasteiger partial charge < -0.3 is 5.32 Å². The summed E-state index contributed by atoms with van der Waals surface area (Å²) in [5.41, 5.74) is 4.19. The van der Waals surface area contributed by atoms with E-state index in [-0.39, 0.29) is 0 Å². The van der Waals surface area contributed by atoms with Gasteiger partial charge in [-0.05, 0) is 32.2 Å². The fraction of sp³-hybridized carbons (Fsp3) is 0.800. The summed E-state index contributed by atoms with van der Waals surface area (Å²) >= 11 is 0. The smallest absolute Gasteiger partial charge is 0.0672 e. The number of hydrogen-bond donors (Lipinski definition) is 1. The van der Waals surface area contributed by atoms with Gasteiger partial charge in [-0.15, -0.1) is 0 Å². The molecule has 0 spiro atoms. The molecule has 1 heterocycles. The Hall–Kier alpha value is -0.830. The predicted molar refractivity (Wildman–Crippen MR) is 78.0 cm³/mol. The van der Waals surface area contributed by atoms with Crippen molar-refractivity contribution in [2.75, 3.05) is 6.54 Å². The maximum atomic E-state index is 4.82. The second kappa shape index (κ2) is 7.57. The number of hydrogen-bond acceptors (Lipinski definition) is 2. The van der Waals surface area contributed by atoms with Crippen molar-refractivity contribution in [3.05, 3.63) is 17.0 Å². The van der Waals surface area contributed by atoms with Crippen molar-refractivity contribution in [1.82, 2.24) is 15.1 Å². The van der Waals surface area contributed by atoms with Crippen LogP contribution in [0.25, 0.3) is 0 Å². The summed E-state index contributed by atoms with van der Waals surface area (Å²) in [4.78, 5) is 0. The Bertz CT molecular complexity index is 355. The molecule has 18 heavy (non-hydrogen) atoms. The molecule has 104 valence electrons. The van der Waals surface area contributed by atoms with Crippen molar-refractivity contribution in [3.63, 3.8) is 0 Å². The van der Waals surface area contributed by atoms with Gasteiger partial charge in [-0.1, -0.05) is 34.6 Å². The minimum Gasteiger partial charge on any atom is -0.310 e. The van der Waals surface area contributed by atoms with Gasteiger partial charge in [0.15, 0.2) is 0 Å². The molecule has 1 unspecified atom stereocenters. The molecule has 0 aliphatic carbocycles. The molecule has 0 bridgehead atoms. The van der Waals surface area contributed by atoms with Gasteiger partial charge >= 0.3 is 0 Å². The molecular formula is C15H29N3. The number of nitrogens with zero attached hydrogens (tertiary/aromatic N) is 2. The standard InChI is InChI=1S/C15H29N3/c1-6-11-18-14(9-4)15(13(8-3)17-18)12(7-2)16-10-5/h12,16H,6-11H2,1-5H3. The van der Waals surface area contributed by atoms with Crippen molar-refractivity contribution >= 4 is 0 Å². The molecule has 0 fully saturated rings. The van der Waals surface area contributed by atoms with E-state index < -0.39 is 0 Å². The van der Waals surface area contributed by atoms with E-state index in [1.54, 1.807) is 0 Å². The molecule has 1 atom stereocenters. The van der Waals surface area contributed by atoms with Crippen LogP contribution in [0, 0.1) is 0 Å². The van der Waals surface area contributed by atoms with E-state index in [4.69, 9.17) is 5.10 Å². The molecule has 3 heteroatoms. The van der Waals surface area contributed by atoms with Crippen LogP contribution in [-0.4, -0.2) is 16.3 Å². The van der Waals surface area contributed by atoms with E-state index in [2.05, 4.69) is 44.6 Å². The maximum absolute atomic E-state index is 4.82. The van der Waals surface area contributed by atoms with Crippen LogP contribution in [0.4, 0.5) is 0 Å². The number of aromatic nitrogens is 2. The van der Waals surface area contributed by atoms with Crippen LogP contribution >= 0.6 is 0 Å². The normalized spacial score (nSPS) is 12.9. The first-order chi connectivity index (χ1) is 8.73. The summed E-state index contributed by atoms with van der Waals surface area (Å²) in [7, 11) is 0. The lowest BCUT2D eigenvalue weighted by atomic mass is 9.99. The lowest BCUT2D eigenvalue weighted by molar-refractivity contribution is 0.524. The SMILES string of the molecule is CCCn1nc(CC)c(C(CC)NCC)c1CC. The van der Waals surface area contributed by atoms with Crippen molar-refractivity contribution in [2.24, 2.45) is 0 Å². The molecule has 1 rings (SSSR count). The Labute approximate surface area is 112 Å². The summed E-state index contributed by atoms with van der Waals surface area (Å²) in [6, 6.07) is 0.463. The summed E-state index contributed by atoms with van der Waals surface area (Å²) in [6.07, 6.45) is 4.38. The van der Waals surface area contributed by atoms with E-state index in [9.17, 15) is 0 Å². The van der Waals surface area contributed by atoms with Crippen LogP contribution in [0.3, 0.4) is 0 Å². The molecule has 3 nitrogen and oxygen atoms in total. The summed E-state index contributed by atoms with van der Waals surface area (Å²) < 4.78 is 2.23. The van der Waals surface area contributed by atoms with Crippen LogP contribution in [0.2, 0.25) is 0 Å². The average Bonchev–Trinajstić information content (AvgIpc) is 2.74. The van der Waals surface area contributed by atoms with Crippen molar-refractivity contribution in [1.29, 1.82) is 0 Å². The third kappa shape index (κ3) is 3.14. The van der Waals surface area contributed by atoms with E-state index in [0.29, 0.717) is 6.04 Å². The van der Waals surface area contributed by atoms with E-state index in [1.165, 1.54) is 17.0 Å². The van der Waals surface area contributed by atoms with E-state index in [1.807, 2.05) is 0 Å². The molecule has 0 amide bonds. The monoisotopic (exact) mass is 251 g/mol. The fourth-order valence-electron chi connectivity index (χ4n) is 2.70. The summed E-state index contributed by atoms with van der Waals surface area (Å²) in [6.45, 7) is 13.2. The quantitative estimate of drug-likeness (QED) is 0.766. The summed E-state index contributed by atoms with van der Waals surface area (Å²) in [5.74, 6) is 0. The highest BCUT2D eigenvalue weighted by atomic mass is 15.3. The van der Waals surface area contributed by atoms with Gasteiger partial charge in [0.05, 0.1) is 5.69 Å². The molecule has 0 aliphatic heterocycles. The molecule has 1 aromatic heterocycles. The first kappa shape index (κ1) is 15.2. The Morgan fingerprint density at radius 2 is 1.83 bits per heavy atom. The third-order valence-corrected chi connectivity index (χ3v) is 3.49. The van der Waals surface area contributed by atoms with Crippen molar-refractivity contribution in [2.45, 2.75) is 72.9 Å². The first-order valence-corrected chi connectivity index (χ1v) is 7.55. The molecule has 1 N–H and O–H groups in total. The van der Waals surface area contributed by atoms with Gasteiger partial charge in [0.2, 0.25) is 0 Å². The Balaban J connectivity index is 3.19. The number of nitrogens with one attached hydrogen (secondary N) is 1. The average molecular weight is 251 g/mol. The van der Waals surface area contributed by atoms with Crippen LogP contribution in [0.5, 0.6) is 0 Å². The number of rotatable bonds is 8. The van der Waals surface area contributed by atoms with Gasteiger partial charge in [0.1, 0.15) is 0 Å². The zero-order valence-electron chi connectivity index (χ0n) is 12.7. The highest BCUT2D eigenvalue weighted by Crippen LogP contribution is 2.26. The maximum Gasteiger partial charge on any atom is 0.0672 e. The second-order valence-corrected chi connectivity index (χ2v) is 4.76. The van der Waals surface area contributed by atoms with Crippen LogP contribution < -0.4 is 5.32 Å². The predicted octanol–water partition coefficient (Wildman–Crippen LogP) is 3.48. The number of aryl methyl sites for hydroxylation is 2. The Kier molecular flexibility index (Phi) is 6.41. The van der Waals surface area contributed by atoms with E-state index in [0.717, 1.165) is 38.8 Å². The molecule has 0 saturated heterocycles. The molecular weight excluding hydrogens is 222 g/mol. The Morgan fingerprint density at radius 3 is 2.28 bits per heavy atom. The topological polar surface area (TPSA) is 29.9 Å². The second-order valence-electron chi connectivity index (χ2n) is 4.76. The molecule has 1 aromatic rings. The van der Waals surface area contributed by atoms with Gasteiger partial charge in [0, 0.05) is 23.8 Å². The molecule has 0 aliphatic rings. The highest BCUT2D eigenvalue weighted by Gasteiger charge is 2.21. The largest absolute Gasteiger partial charge is 0.310 e.